The zero-order valence-corrected chi connectivity index (χ0v) is 9.81. The molecule has 0 atom stereocenters. The van der Waals surface area contributed by atoms with E-state index >= 15 is 0 Å². The van der Waals surface area contributed by atoms with Crippen molar-refractivity contribution in [3.63, 3.8) is 0 Å². The van der Waals surface area contributed by atoms with Gasteiger partial charge in [-0.1, -0.05) is 18.2 Å². The molecule has 0 aliphatic carbocycles. The largest absolute Gasteiger partial charge is 0.288 e. The predicted octanol–water partition coefficient (Wildman–Crippen LogP) is 3.23. The Morgan fingerprint density at radius 1 is 1.25 bits per heavy atom. The van der Waals surface area contributed by atoms with Gasteiger partial charge in [0.2, 0.25) is 0 Å². The molecule has 1 heterocycles. The van der Waals surface area contributed by atoms with Crippen LogP contribution in [0.3, 0.4) is 0 Å². The van der Waals surface area contributed by atoms with Crippen LogP contribution in [-0.2, 0) is 0 Å². The van der Waals surface area contributed by atoms with E-state index in [9.17, 15) is 5.21 Å². The number of hydroxylamine groups is 2. The smallest absolute Gasteiger partial charge is 0.0709 e. The van der Waals surface area contributed by atoms with Gasteiger partial charge in [0.25, 0.3) is 0 Å². The van der Waals surface area contributed by atoms with Crippen LogP contribution in [0.5, 0.6) is 0 Å². The number of para-hydroxylation sites is 1. The van der Waals surface area contributed by atoms with Gasteiger partial charge in [-0.2, -0.15) is 0 Å². The molecule has 0 saturated carbocycles. The molecule has 0 unspecified atom stereocenters. The van der Waals surface area contributed by atoms with E-state index in [0.717, 1.165) is 16.8 Å². The molecular weight excluding hydrogens is 200 g/mol. The fourth-order valence-corrected chi connectivity index (χ4v) is 1.47. The summed E-state index contributed by atoms with van der Waals surface area (Å²) in [4.78, 5) is 4.28. The molecule has 1 N–H and O–H groups in total. The van der Waals surface area contributed by atoms with Crippen LogP contribution >= 0.6 is 0 Å². The number of benzene rings is 1. The molecule has 16 heavy (non-hydrogen) atoms. The molecule has 1 aliphatic rings. The fraction of sp³-hybridized carbons (Fsp3) is 0.308. The summed E-state index contributed by atoms with van der Waals surface area (Å²) >= 11 is 0. The zero-order valence-electron chi connectivity index (χ0n) is 9.81. The number of nitrogens with zero attached hydrogens (tertiary/aromatic N) is 2. The Hall–Kier alpha value is -1.61. The van der Waals surface area contributed by atoms with Crippen LogP contribution < -0.4 is 0 Å². The average molecular weight is 216 g/mol. The molecule has 0 amide bonds. The molecule has 1 aromatic carbocycles. The minimum Gasteiger partial charge on any atom is -0.288 e. The SMILES string of the molecule is CC(C)(C)N(O)C=C1C=Nc2ccccc21. The van der Waals surface area contributed by atoms with Gasteiger partial charge in [-0.15, -0.1) is 0 Å². The van der Waals surface area contributed by atoms with Crippen molar-refractivity contribution in [2.45, 2.75) is 26.3 Å². The quantitative estimate of drug-likeness (QED) is 0.731. The highest BCUT2D eigenvalue weighted by atomic mass is 16.5. The summed E-state index contributed by atoms with van der Waals surface area (Å²) in [5, 5.41) is 11.1. The third kappa shape index (κ3) is 1.99. The maximum absolute atomic E-state index is 9.87. The van der Waals surface area contributed by atoms with Gasteiger partial charge in [-0.05, 0) is 26.8 Å². The first-order chi connectivity index (χ1) is 7.48. The second kappa shape index (κ2) is 3.76. The monoisotopic (exact) mass is 216 g/mol. The summed E-state index contributed by atoms with van der Waals surface area (Å²) in [5.41, 5.74) is 2.65. The third-order valence-electron chi connectivity index (χ3n) is 2.51. The van der Waals surface area contributed by atoms with Crippen molar-refractivity contribution >= 4 is 17.5 Å². The zero-order chi connectivity index (χ0) is 11.8. The first kappa shape index (κ1) is 10.9. The number of hydrogen-bond donors (Lipinski definition) is 1. The normalized spacial score (nSPS) is 16.6. The summed E-state index contributed by atoms with van der Waals surface area (Å²) in [7, 11) is 0. The summed E-state index contributed by atoms with van der Waals surface area (Å²) < 4.78 is 0. The second-order valence-corrected chi connectivity index (χ2v) is 4.88. The van der Waals surface area contributed by atoms with Crippen LogP contribution in [0.4, 0.5) is 5.69 Å². The van der Waals surface area contributed by atoms with E-state index < -0.39 is 0 Å². The lowest BCUT2D eigenvalue weighted by molar-refractivity contribution is -0.109. The van der Waals surface area contributed by atoms with Crippen LogP contribution in [0.25, 0.3) is 5.57 Å². The predicted molar refractivity (Wildman–Crippen MR) is 65.9 cm³/mol. The molecule has 0 radical (unpaired) electrons. The van der Waals surface area contributed by atoms with Gasteiger partial charge < -0.3 is 0 Å². The highest BCUT2D eigenvalue weighted by Crippen LogP contribution is 2.31. The highest BCUT2D eigenvalue weighted by molar-refractivity contribution is 6.16. The maximum atomic E-state index is 9.87. The Kier molecular flexibility index (Phi) is 2.56. The van der Waals surface area contributed by atoms with E-state index in [4.69, 9.17) is 0 Å². The van der Waals surface area contributed by atoms with Gasteiger partial charge in [0.05, 0.1) is 11.2 Å². The lowest BCUT2D eigenvalue weighted by atomic mass is 10.1. The molecule has 3 nitrogen and oxygen atoms in total. The summed E-state index contributed by atoms with van der Waals surface area (Å²) in [6.45, 7) is 5.84. The summed E-state index contributed by atoms with van der Waals surface area (Å²) in [5.74, 6) is 0. The number of hydrogen-bond acceptors (Lipinski definition) is 3. The summed E-state index contributed by atoms with van der Waals surface area (Å²) in [6.07, 6.45) is 3.50. The molecule has 0 saturated heterocycles. The van der Waals surface area contributed by atoms with E-state index in [1.54, 1.807) is 12.4 Å². The number of aliphatic imine (C=N–C) groups is 1. The molecule has 0 aromatic heterocycles. The average Bonchev–Trinajstić information content (AvgIpc) is 2.61. The molecule has 2 rings (SSSR count). The second-order valence-electron chi connectivity index (χ2n) is 4.88. The number of fused-ring (bicyclic) bond motifs is 1. The summed E-state index contributed by atoms with van der Waals surface area (Å²) in [6, 6.07) is 7.90. The first-order valence-electron chi connectivity index (χ1n) is 5.32. The lowest BCUT2D eigenvalue weighted by Gasteiger charge is -2.28. The first-order valence-corrected chi connectivity index (χ1v) is 5.32. The van der Waals surface area contributed by atoms with Crippen LogP contribution in [0, 0.1) is 0 Å². The van der Waals surface area contributed by atoms with Crippen molar-refractivity contribution in [1.29, 1.82) is 0 Å². The van der Waals surface area contributed by atoms with Crippen LogP contribution in [0.15, 0.2) is 35.5 Å². The molecule has 0 spiro atoms. The van der Waals surface area contributed by atoms with E-state index in [1.807, 2.05) is 45.0 Å². The Labute approximate surface area is 95.7 Å². The van der Waals surface area contributed by atoms with Gasteiger partial charge >= 0.3 is 0 Å². The Morgan fingerprint density at radius 3 is 2.62 bits per heavy atom. The molecule has 84 valence electrons. The number of rotatable bonds is 1. The Bertz CT molecular complexity index is 455. The third-order valence-corrected chi connectivity index (χ3v) is 2.51. The van der Waals surface area contributed by atoms with E-state index in [1.165, 1.54) is 5.06 Å². The molecule has 3 heteroatoms. The van der Waals surface area contributed by atoms with Crippen molar-refractivity contribution in [1.82, 2.24) is 5.06 Å². The van der Waals surface area contributed by atoms with E-state index in [-0.39, 0.29) is 5.54 Å². The van der Waals surface area contributed by atoms with E-state index in [2.05, 4.69) is 4.99 Å². The van der Waals surface area contributed by atoms with Crippen LogP contribution in [0.2, 0.25) is 0 Å². The van der Waals surface area contributed by atoms with Crippen LogP contribution in [0.1, 0.15) is 26.3 Å². The van der Waals surface area contributed by atoms with Crippen LogP contribution in [-0.4, -0.2) is 22.0 Å². The van der Waals surface area contributed by atoms with Gasteiger partial charge in [0.15, 0.2) is 0 Å². The topological polar surface area (TPSA) is 35.8 Å². The minimum atomic E-state index is -0.307. The Balaban J connectivity index is 2.33. The van der Waals surface area contributed by atoms with E-state index in [0.29, 0.717) is 0 Å². The Morgan fingerprint density at radius 2 is 1.94 bits per heavy atom. The molecule has 0 bridgehead atoms. The standard InChI is InChI=1S/C13H16N2O/c1-13(2,3)15(16)9-10-8-14-12-7-5-4-6-11(10)12/h4-9,16H,1-3H3. The van der Waals surface area contributed by atoms with Gasteiger partial charge in [0, 0.05) is 23.6 Å². The van der Waals surface area contributed by atoms with Crippen molar-refractivity contribution in [3.8, 4) is 0 Å². The lowest BCUT2D eigenvalue weighted by Crippen LogP contribution is -2.34. The van der Waals surface area contributed by atoms with Crippen molar-refractivity contribution < 1.29 is 5.21 Å². The molecule has 0 fully saturated rings. The fourth-order valence-electron chi connectivity index (χ4n) is 1.47. The molecule has 1 aromatic rings. The molecule has 1 aliphatic heterocycles. The highest BCUT2D eigenvalue weighted by Gasteiger charge is 2.19. The van der Waals surface area contributed by atoms with Gasteiger partial charge in [-0.3, -0.25) is 15.3 Å². The van der Waals surface area contributed by atoms with Crippen molar-refractivity contribution in [2.75, 3.05) is 0 Å². The minimum absolute atomic E-state index is 0.307. The maximum Gasteiger partial charge on any atom is 0.0709 e. The van der Waals surface area contributed by atoms with Gasteiger partial charge in [0.1, 0.15) is 0 Å². The van der Waals surface area contributed by atoms with Gasteiger partial charge in [-0.25, -0.2) is 0 Å². The molecular formula is C13H16N2O. The number of allylic oxidation sites excluding steroid dienone is 1. The van der Waals surface area contributed by atoms with Crippen molar-refractivity contribution in [3.05, 3.63) is 36.0 Å². The van der Waals surface area contributed by atoms with Crippen molar-refractivity contribution in [2.24, 2.45) is 4.99 Å².